The first-order valence-corrected chi connectivity index (χ1v) is 8.46. The standard InChI is InChI=1S/C15H15N5O5S/c1-8-7-26-15-16-11(4-12(21)19(8)15)6-25-13(22)5-18-10(3)14(20(23)24)9(2)17-18/h4,7H,5-6H2,1-3H3. The van der Waals surface area contributed by atoms with Gasteiger partial charge in [0, 0.05) is 17.1 Å². The number of aryl methyl sites for hydroxylation is 2. The minimum atomic E-state index is -0.630. The third kappa shape index (κ3) is 3.20. The van der Waals surface area contributed by atoms with E-state index in [4.69, 9.17) is 4.74 Å². The lowest BCUT2D eigenvalue weighted by molar-refractivity contribution is -0.386. The van der Waals surface area contributed by atoms with Crippen LogP contribution in [0.5, 0.6) is 0 Å². The molecule has 0 aliphatic carbocycles. The highest BCUT2D eigenvalue weighted by Crippen LogP contribution is 2.21. The van der Waals surface area contributed by atoms with Gasteiger partial charge < -0.3 is 4.74 Å². The zero-order valence-corrected chi connectivity index (χ0v) is 15.1. The smallest absolute Gasteiger partial charge is 0.328 e. The second-order valence-electron chi connectivity index (χ2n) is 5.68. The Balaban J connectivity index is 1.71. The van der Waals surface area contributed by atoms with Crippen LogP contribution >= 0.6 is 11.3 Å². The van der Waals surface area contributed by atoms with Gasteiger partial charge in [0.05, 0.1) is 10.6 Å². The van der Waals surface area contributed by atoms with Crippen molar-refractivity contribution in [2.75, 3.05) is 0 Å². The van der Waals surface area contributed by atoms with Crippen molar-refractivity contribution in [1.82, 2.24) is 19.2 Å². The van der Waals surface area contributed by atoms with Crippen LogP contribution in [-0.4, -0.2) is 30.1 Å². The van der Waals surface area contributed by atoms with E-state index < -0.39 is 10.9 Å². The molecule has 3 rings (SSSR count). The van der Waals surface area contributed by atoms with Crippen molar-refractivity contribution in [1.29, 1.82) is 0 Å². The average molecular weight is 377 g/mol. The van der Waals surface area contributed by atoms with Crippen molar-refractivity contribution in [3.05, 3.63) is 54.7 Å². The molecule has 26 heavy (non-hydrogen) atoms. The molecule has 0 fully saturated rings. The van der Waals surface area contributed by atoms with Crippen molar-refractivity contribution in [2.24, 2.45) is 0 Å². The molecular formula is C15H15N5O5S. The molecule has 0 aliphatic rings. The summed E-state index contributed by atoms with van der Waals surface area (Å²) in [4.78, 5) is 39.4. The zero-order valence-electron chi connectivity index (χ0n) is 14.3. The third-order valence-corrected chi connectivity index (χ3v) is 4.76. The van der Waals surface area contributed by atoms with E-state index in [9.17, 15) is 19.7 Å². The summed E-state index contributed by atoms with van der Waals surface area (Å²) in [5, 5.41) is 16.8. The van der Waals surface area contributed by atoms with Crippen LogP contribution in [0.4, 0.5) is 5.69 Å². The maximum Gasteiger partial charge on any atom is 0.328 e. The highest BCUT2D eigenvalue weighted by molar-refractivity contribution is 7.15. The molecule has 0 N–H and O–H groups in total. The molecule has 0 amide bonds. The minimum Gasteiger partial charge on any atom is -0.458 e. The summed E-state index contributed by atoms with van der Waals surface area (Å²) < 4.78 is 7.83. The number of carbonyl (C=O) groups excluding carboxylic acids is 1. The van der Waals surface area contributed by atoms with Gasteiger partial charge in [0.15, 0.2) is 4.96 Å². The number of aromatic nitrogens is 4. The molecule has 11 heteroatoms. The summed E-state index contributed by atoms with van der Waals surface area (Å²) in [6.07, 6.45) is 0. The molecule has 0 saturated carbocycles. The van der Waals surface area contributed by atoms with E-state index in [-0.39, 0.29) is 35.8 Å². The molecule has 0 saturated heterocycles. The van der Waals surface area contributed by atoms with Crippen LogP contribution in [0.25, 0.3) is 4.96 Å². The molecule has 10 nitrogen and oxygen atoms in total. The van der Waals surface area contributed by atoms with Crippen molar-refractivity contribution < 1.29 is 14.5 Å². The van der Waals surface area contributed by atoms with Gasteiger partial charge in [-0.3, -0.25) is 28.8 Å². The van der Waals surface area contributed by atoms with Crippen molar-refractivity contribution in [3.63, 3.8) is 0 Å². The maximum atomic E-state index is 12.1. The Labute approximate surface area is 150 Å². The predicted octanol–water partition coefficient (Wildman–Crippen LogP) is 1.53. The lowest BCUT2D eigenvalue weighted by Crippen LogP contribution is -2.18. The topological polar surface area (TPSA) is 122 Å². The molecule has 0 radical (unpaired) electrons. The molecule has 0 unspecified atom stereocenters. The van der Waals surface area contributed by atoms with Gasteiger partial charge in [-0.2, -0.15) is 5.10 Å². The van der Waals surface area contributed by atoms with Gasteiger partial charge in [0.1, 0.15) is 24.5 Å². The van der Waals surface area contributed by atoms with Gasteiger partial charge in [0.25, 0.3) is 5.56 Å². The largest absolute Gasteiger partial charge is 0.458 e. The summed E-state index contributed by atoms with van der Waals surface area (Å²) in [6.45, 7) is 4.39. The third-order valence-electron chi connectivity index (χ3n) is 3.81. The van der Waals surface area contributed by atoms with Gasteiger partial charge in [-0.15, -0.1) is 11.3 Å². The number of ether oxygens (including phenoxy) is 1. The lowest BCUT2D eigenvalue weighted by atomic mass is 10.3. The first-order chi connectivity index (χ1) is 12.3. The second-order valence-corrected chi connectivity index (χ2v) is 6.51. The molecule has 3 aromatic heterocycles. The van der Waals surface area contributed by atoms with Gasteiger partial charge in [-0.05, 0) is 20.8 Å². The van der Waals surface area contributed by atoms with E-state index in [2.05, 4.69) is 10.1 Å². The Morgan fingerprint density at radius 1 is 1.38 bits per heavy atom. The zero-order chi connectivity index (χ0) is 19.0. The molecule has 0 spiro atoms. The van der Waals surface area contributed by atoms with Crippen LogP contribution in [0, 0.1) is 30.9 Å². The van der Waals surface area contributed by atoms with Crippen LogP contribution in [0.1, 0.15) is 22.8 Å². The number of nitrogens with zero attached hydrogens (tertiary/aromatic N) is 5. The van der Waals surface area contributed by atoms with Crippen molar-refractivity contribution in [3.8, 4) is 0 Å². The number of hydrogen-bond acceptors (Lipinski definition) is 8. The number of hydrogen-bond donors (Lipinski definition) is 0. The molecule has 3 aromatic rings. The fourth-order valence-electron chi connectivity index (χ4n) is 2.60. The highest BCUT2D eigenvalue weighted by Gasteiger charge is 2.23. The Morgan fingerprint density at radius 3 is 2.77 bits per heavy atom. The van der Waals surface area contributed by atoms with Crippen molar-refractivity contribution >= 4 is 28.0 Å². The molecule has 0 aromatic carbocycles. The SMILES string of the molecule is Cc1nn(CC(=O)OCc2cc(=O)n3c(C)csc3n2)c(C)c1[N+](=O)[O-]. The van der Waals surface area contributed by atoms with E-state index >= 15 is 0 Å². The van der Waals surface area contributed by atoms with Crippen LogP contribution in [0.2, 0.25) is 0 Å². The Kier molecular flexibility index (Phi) is 4.55. The molecule has 0 atom stereocenters. The van der Waals surface area contributed by atoms with E-state index in [1.165, 1.54) is 40.3 Å². The van der Waals surface area contributed by atoms with Crippen LogP contribution in [-0.2, 0) is 22.7 Å². The second kappa shape index (κ2) is 6.67. The van der Waals surface area contributed by atoms with E-state index in [0.29, 0.717) is 10.7 Å². The van der Waals surface area contributed by atoms with E-state index in [1.807, 2.05) is 5.38 Å². The molecule has 3 heterocycles. The van der Waals surface area contributed by atoms with Crippen LogP contribution < -0.4 is 5.56 Å². The Morgan fingerprint density at radius 2 is 2.12 bits per heavy atom. The molecule has 136 valence electrons. The number of esters is 1. The normalized spacial score (nSPS) is 11.0. The predicted molar refractivity (Wildman–Crippen MR) is 92.2 cm³/mol. The molecular weight excluding hydrogens is 362 g/mol. The summed E-state index contributed by atoms with van der Waals surface area (Å²) in [5.74, 6) is -0.630. The van der Waals surface area contributed by atoms with Crippen LogP contribution in [0.15, 0.2) is 16.2 Å². The van der Waals surface area contributed by atoms with E-state index in [1.54, 1.807) is 6.92 Å². The average Bonchev–Trinajstić information content (AvgIpc) is 3.06. The monoisotopic (exact) mass is 377 g/mol. The summed E-state index contributed by atoms with van der Waals surface area (Å²) in [5.41, 5.74) is 1.27. The minimum absolute atomic E-state index is 0.119. The van der Waals surface area contributed by atoms with Crippen LogP contribution in [0.3, 0.4) is 0 Å². The van der Waals surface area contributed by atoms with Crippen molar-refractivity contribution in [2.45, 2.75) is 33.9 Å². The summed E-state index contributed by atoms with van der Waals surface area (Å²) in [7, 11) is 0. The lowest BCUT2D eigenvalue weighted by Gasteiger charge is -2.06. The van der Waals surface area contributed by atoms with E-state index in [0.717, 1.165) is 5.69 Å². The van der Waals surface area contributed by atoms with Gasteiger partial charge in [-0.1, -0.05) is 0 Å². The molecule has 0 aliphatic heterocycles. The number of fused-ring (bicyclic) bond motifs is 1. The quantitative estimate of drug-likeness (QED) is 0.375. The van der Waals surface area contributed by atoms with Gasteiger partial charge >= 0.3 is 11.7 Å². The Bertz CT molecular complexity index is 1080. The summed E-state index contributed by atoms with van der Waals surface area (Å²) >= 11 is 1.32. The van der Waals surface area contributed by atoms with Gasteiger partial charge in [0.2, 0.25) is 0 Å². The first kappa shape index (κ1) is 17.7. The number of carbonyl (C=O) groups is 1. The fraction of sp³-hybridized carbons (Fsp3) is 0.333. The number of rotatable bonds is 5. The maximum absolute atomic E-state index is 12.1. The fourth-order valence-corrected chi connectivity index (χ4v) is 3.49. The number of thiazole rings is 1. The Hall–Kier alpha value is -3.08. The number of nitro groups is 1. The highest BCUT2D eigenvalue weighted by atomic mass is 32.1. The summed E-state index contributed by atoms with van der Waals surface area (Å²) in [6, 6.07) is 1.31. The molecule has 0 bridgehead atoms. The first-order valence-electron chi connectivity index (χ1n) is 7.58. The van der Waals surface area contributed by atoms with Gasteiger partial charge in [-0.25, -0.2) is 4.98 Å².